The highest BCUT2D eigenvalue weighted by atomic mass is 16.5. The first kappa shape index (κ1) is 13.9. The molecule has 0 aliphatic heterocycles. The van der Waals surface area contributed by atoms with Crippen molar-refractivity contribution in [3.05, 3.63) is 35.4 Å². The van der Waals surface area contributed by atoms with E-state index in [9.17, 15) is 4.79 Å². The van der Waals surface area contributed by atoms with Gasteiger partial charge in [-0.05, 0) is 23.5 Å². The van der Waals surface area contributed by atoms with E-state index >= 15 is 0 Å². The van der Waals surface area contributed by atoms with E-state index in [1.807, 2.05) is 6.92 Å². The normalized spacial score (nSPS) is 12.4. The Balaban J connectivity index is 2.44. The van der Waals surface area contributed by atoms with Gasteiger partial charge < -0.3 is 4.74 Å². The molecule has 2 nitrogen and oxygen atoms in total. The molecule has 17 heavy (non-hydrogen) atoms. The summed E-state index contributed by atoms with van der Waals surface area (Å²) in [4.78, 5) is 11.8. The standard InChI is InChI=1S/C15H22O2/c1-4-13-5-7-14(8-6-13)10-15(16)9-12(2)11-17-3/h5-8,12H,4,9-11H2,1-3H3. The van der Waals surface area contributed by atoms with Crippen LogP contribution in [-0.2, 0) is 22.4 Å². The minimum Gasteiger partial charge on any atom is -0.384 e. The maximum absolute atomic E-state index is 11.8. The van der Waals surface area contributed by atoms with E-state index in [1.165, 1.54) is 5.56 Å². The Hall–Kier alpha value is -1.15. The predicted molar refractivity (Wildman–Crippen MR) is 70.2 cm³/mol. The summed E-state index contributed by atoms with van der Waals surface area (Å²) in [6.07, 6.45) is 2.18. The molecule has 0 aromatic heterocycles. The van der Waals surface area contributed by atoms with Crippen LogP contribution >= 0.6 is 0 Å². The highest BCUT2D eigenvalue weighted by Crippen LogP contribution is 2.10. The predicted octanol–water partition coefficient (Wildman–Crippen LogP) is 3.03. The molecule has 1 unspecified atom stereocenters. The first-order valence-electron chi connectivity index (χ1n) is 6.24. The maximum atomic E-state index is 11.8. The van der Waals surface area contributed by atoms with E-state index in [-0.39, 0.29) is 0 Å². The lowest BCUT2D eigenvalue weighted by molar-refractivity contribution is -0.119. The molecule has 1 rings (SSSR count). The summed E-state index contributed by atoms with van der Waals surface area (Å²) in [5.74, 6) is 0.598. The van der Waals surface area contributed by atoms with Crippen molar-refractivity contribution in [2.75, 3.05) is 13.7 Å². The fourth-order valence-corrected chi connectivity index (χ4v) is 1.92. The zero-order valence-electron chi connectivity index (χ0n) is 11.0. The van der Waals surface area contributed by atoms with Crippen molar-refractivity contribution in [3.63, 3.8) is 0 Å². The molecular formula is C15H22O2. The van der Waals surface area contributed by atoms with Crippen LogP contribution in [0.5, 0.6) is 0 Å². The highest BCUT2D eigenvalue weighted by molar-refractivity contribution is 5.81. The second kappa shape index (κ2) is 7.23. The summed E-state index contributed by atoms with van der Waals surface area (Å²) in [6, 6.07) is 8.30. The van der Waals surface area contributed by atoms with Crippen molar-refractivity contribution < 1.29 is 9.53 Å². The molecular weight excluding hydrogens is 212 g/mol. The minimum atomic E-state index is 0.291. The summed E-state index contributed by atoms with van der Waals surface area (Å²) in [7, 11) is 1.67. The topological polar surface area (TPSA) is 26.3 Å². The molecule has 0 heterocycles. The number of carbonyl (C=O) groups excluding carboxylic acids is 1. The number of ketones is 1. The van der Waals surface area contributed by atoms with E-state index in [4.69, 9.17) is 4.74 Å². The molecule has 0 bridgehead atoms. The van der Waals surface area contributed by atoms with Crippen molar-refractivity contribution in [2.45, 2.75) is 33.1 Å². The molecule has 0 spiro atoms. The zero-order valence-corrected chi connectivity index (χ0v) is 11.0. The van der Waals surface area contributed by atoms with Crippen LogP contribution < -0.4 is 0 Å². The van der Waals surface area contributed by atoms with E-state index in [2.05, 4.69) is 31.2 Å². The van der Waals surface area contributed by atoms with Crippen molar-refractivity contribution >= 4 is 5.78 Å². The van der Waals surface area contributed by atoms with Gasteiger partial charge in [0.15, 0.2) is 0 Å². The smallest absolute Gasteiger partial charge is 0.137 e. The number of benzene rings is 1. The Morgan fingerprint density at radius 1 is 1.24 bits per heavy atom. The van der Waals surface area contributed by atoms with Crippen LogP contribution in [0.25, 0.3) is 0 Å². The van der Waals surface area contributed by atoms with Crippen LogP contribution in [0.4, 0.5) is 0 Å². The fraction of sp³-hybridized carbons (Fsp3) is 0.533. The van der Waals surface area contributed by atoms with Crippen molar-refractivity contribution in [3.8, 4) is 0 Å². The minimum absolute atomic E-state index is 0.291. The van der Waals surface area contributed by atoms with Crippen LogP contribution in [-0.4, -0.2) is 19.5 Å². The number of methoxy groups -OCH3 is 1. The van der Waals surface area contributed by atoms with E-state index < -0.39 is 0 Å². The third kappa shape index (κ3) is 5.14. The number of Topliss-reactive ketones (excluding diaryl/α,β-unsaturated/α-hetero) is 1. The Kier molecular flexibility index (Phi) is 5.92. The number of hydrogen-bond acceptors (Lipinski definition) is 2. The average molecular weight is 234 g/mol. The molecule has 0 aliphatic rings. The van der Waals surface area contributed by atoms with Crippen LogP contribution in [0.2, 0.25) is 0 Å². The van der Waals surface area contributed by atoms with Crippen molar-refractivity contribution in [2.24, 2.45) is 5.92 Å². The van der Waals surface area contributed by atoms with Gasteiger partial charge in [-0.15, -0.1) is 0 Å². The van der Waals surface area contributed by atoms with Gasteiger partial charge in [-0.25, -0.2) is 0 Å². The van der Waals surface area contributed by atoms with E-state index in [0.717, 1.165) is 12.0 Å². The lowest BCUT2D eigenvalue weighted by atomic mass is 9.99. The Morgan fingerprint density at radius 2 is 1.82 bits per heavy atom. The zero-order chi connectivity index (χ0) is 12.7. The lowest BCUT2D eigenvalue weighted by Crippen LogP contribution is -2.12. The molecule has 94 valence electrons. The summed E-state index contributed by atoms with van der Waals surface area (Å²) < 4.78 is 5.03. The van der Waals surface area contributed by atoms with Crippen molar-refractivity contribution in [1.29, 1.82) is 0 Å². The summed E-state index contributed by atoms with van der Waals surface area (Å²) in [5.41, 5.74) is 2.42. The molecule has 0 radical (unpaired) electrons. The number of rotatable bonds is 7. The summed E-state index contributed by atoms with van der Waals surface area (Å²) >= 11 is 0. The molecule has 0 N–H and O–H groups in total. The van der Waals surface area contributed by atoms with Gasteiger partial charge in [0.1, 0.15) is 5.78 Å². The highest BCUT2D eigenvalue weighted by Gasteiger charge is 2.09. The molecule has 1 aromatic rings. The molecule has 0 saturated heterocycles. The largest absolute Gasteiger partial charge is 0.384 e. The monoisotopic (exact) mass is 234 g/mol. The van der Waals surface area contributed by atoms with Crippen LogP contribution in [0.3, 0.4) is 0 Å². The molecule has 1 aromatic carbocycles. The third-order valence-electron chi connectivity index (χ3n) is 2.86. The van der Waals surface area contributed by atoms with Gasteiger partial charge in [-0.1, -0.05) is 38.1 Å². The summed E-state index contributed by atoms with van der Waals surface area (Å²) in [6.45, 7) is 4.83. The molecule has 0 aliphatic carbocycles. The maximum Gasteiger partial charge on any atom is 0.137 e. The molecule has 0 fully saturated rings. The molecule has 0 amide bonds. The van der Waals surface area contributed by atoms with Gasteiger partial charge in [-0.2, -0.15) is 0 Å². The van der Waals surface area contributed by atoms with Gasteiger partial charge in [0.05, 0.1) is 0 Å². The van der Waals surface area contributed by atoms with E-state index in [1.54, 1.807) is 7.11 Å². The van der Waals surface area contributed by atoms with Crippen LogP contribution in [0.15, 0.2) is 24.3 Å². The number of aryl methyl sites for hydroxylation is 1. The van der Waals surface area contributed by atoms with Gasteiger partial charge >= 0.3 is 0 Å². The van der Waals surface area contributed by atoms with E-state index in [0.29, 0.717) is 31.1 Å². The number of carbonyl (C=O) groups is 1. The Bertz CT molecular complexity index is 340. The summed E-state index contributed by atoms with van der Waals surface area (Å²) in [5, 5.41) is 0. The van der Waals surface area contributed by atoms with Crippen LogP contribution in [0, 0.1) is 5.92 Å². The van der Waals surface area contributed by atoms with Crippen LogP contribution in [0.1, 0.15) is 31.4 Å². The van der Waals surface area contributed by atoms with Gasteiger partial charge in [0.25, 0.3) is 0 Å². The molecule has 1 atom stereocenters. The first-order chi connectivity index (χ1) is 8.15. The average Bonchev–Trinajstić information content (AvgIpc) is 2.30. The lowest BCUT2D eigenvalue weighted by Gasteiger charge is -2.09. The SMILES string of the molecule is CCc1ccc(CC(=O)CC(C)COC)cc1. The quantitative estimate of drug-likeness (QED) is 0.725. The van der Waals surface area contributed by atoms with Gasteiger partial charge in [-0.3, -0.25) is 4.79 Å². The third-order valence-corrected chi connectivity index (χ3v) is 2.86. The Labute approximate surface area is 104 Å². The second-order valence-corrected chi connectivity index (χ2v) is 4.65. The van der Waals surface area contributed by atoms with Gasteiger partial charge in [0.2, 0.25) is 0 Å². The first-order valence-corrected chi connectivity index (χ1v) is 6.24. The fourth-order valence-electron chi connectivity index (χ4n) is 1.92. The molecule has 2 heteroatoms. The van der Waals surface area contributed by atoms with Crippen molar-refractivity contribution in [1.82, 2.24) is 0 Å². The number of hydrogen-bond donors (Lipinski definition) is 0. The van der Waals surface area contributed by atoms with Gasteiger partial charge in [0, 0.05) is 26.6 Å². The second-order valence-electron chi connectivity index (χ2n) is 4.65. The Morgan fingerprint density at radius 3 is 2.35 bits per heavy atom. The molecule has 0 saturated carbocycles. The number of ether oxygens (including phenoxy) is 1.